The number of anilines is 1. The Labute approximate surface area is 242 Å². The Balaban J connectivity index is 1.09. The molecule has 1 atom stereocenters. The number of nitrogens with one attached hydrogen (secondary N) is 1. The number of urea groups is 1. The van der Waals surface area contributed by atoms with Crippen molar-refractivity contribution >= 4 is 17.8 Å². The van der Waals surface area contributed by atoms with Gasteiger partial charge in [-0.25, -0.2) is 14.8 Å². The molecule has 6 rings (SSSR count). The fourth-order valence-corrected chi connectivity index (χ4v) is 6.83. The third kappa shape index (κ3) is 5.35. The number of carbonyl (C=O) groups is 2. The number of aromatic nitrogens is 2. The number of hydrogen-bond donors (Lipinski definition) is 1. The van der Waals surface area contributed by atoms with Gasteiger partial charge in [0.2, 0.25) is 0 Å². The van der Waals surface area contributed by atoms with E-state index in [0.29, 0.717) is 25.3 Å². The van der Waals surface area contributed by atoms with Crippen molar-refractivity contribution in [3.63, 3.8) is 0 Å². The molecule has 41 heavy (non-hydrogen) atoms. The zero-order valence-electron chi connectivity index (χ0n) is 24.5. The molecule has 4 heterocycles. The molecule has 3 amide bonds. The van der Waals surface area contributed by atoms with Crippen LogP contribution >= 0.6 is 0 Å². The Morgan fingerprint density at radius 3 is 2.66 bits per heavy atom. The highest BCUT2D eigenvalue weighted by Crippen LogP contribution is 2.35. The second kappa shape index (κ2) is 10.6. The molecular formula is C32H40N6O3. The van der Waals surface area contributed by atoms with E-state index in [9.17, 15) is 9.59 Å². The fraction of sp³-hybridized carbons (Fsp3) is 0.500. The molecule has 4 aliphatic rings. The molecular weight excluding hydrogens is 516 g/mol. The van der Waals surface area contributed by atoms with Crippen LogP contribution in [0.15, 0.2) is 60.1 Å². The molecule has 1 unspecified atom stereocenters. The summed E-state index contributed by atoms with van der Waals surface area (Å²) in [6.07, 6.45) is 8.83. The summed E-state index contributed by atoms with van der Waals surface area (Å²) in [4.78, 5) is 41.7. The van der Waals surface area contributed by atoms with Crippen molar-refractivity contribution in [1.82, 2.24) is 25.1 Å². The maximum atomic E-state index is 13.6. The highest BCUT2D eigenvalue weighted by molar-refractivity contribution is 5.93. The van der Waals surface area contributed by atoms with Crippen LogP contribution in [-0.4, -0.2) is 76.6 Å². The average molecular weight is 557 g/mol. The molecule has 1 aliphatic carbocycles. The van der Waals surface area contributed by atoms with Gasteiger partial charge in [0.05, 0.1) is 5.60 Å². The Bertz CT molecular complexity index is 1410. The van der Waals surface area contributed by atoms with Crippen LogP contribution in [0, 0.1) is 0 Å². The van der Waals surface area contributed by atoms with Gasteiger partial charge in [-0.1, -0.05) is 44.2 Å². The number of fused-ring (bicyclic) bond motifs is 1. The van der Waals surface area contributed by atoms with E-state index in [0.717, 1.165) is 50.3 Å². The normalized spacial score (nSPS) is 24.5. The average Bonchev–Trinajstić information content (AvgIpc) is 3.14. The van der Waals surface area contributed by atoms with E-state index in [1.165, 1.54) is 23.0 Å². The van der Waals surface area contributed by atoms with Crippen LogP contribution in [0.2, 0.25) is 0 Å². The van der Waals surface area contributed by atoms with Gasteiger partial charge in [0.15, 0.2) is 0 Å². The largest absolute Gasteiger partial charge is 0.374 e. The molecule has 0 saturated carbocycles. The van der Waals surface area contributed by atoms with E-state index < -0.39 is 0 Å². The van der Waals surface area contributed by atoms with Crippen molar-refractivity contribution in [3.05, 3.63) is 76.9 Å². The minimum atomic E-state index is -0.323. The van der Waals surface area contributed by atoms with Crippen LogP contribution in [0.3, 0.4) is 0 Å². The Morgan fingerprint density at radius 2 is 1.88 bits per heavy atom. The summed E-state index contributed by atoms with van der Waals surface area (Å²) in [5.41, 5.74) is 4.62. The minimum Gasteiger partial charge on any atom is -0.374 e. The number of hydrogen-bond acceptors (Lipinski definition) is 6. The molecule has 3 aliphatic heterocycles. The first kappa shape index (κ1) is 27.4. The van der Waals surface area contributed by atoms with Gasteiger partial charge in [-0.3, -0.25) is 4.79 Å². The number of benzene rings is 1. The van der Waals surface area contributed by atoms with Crippen molar-refractivity contribution < 1.29 is 14.3 Å². The molecule has 0 spiro atoms. The van der Waals surface area contributed by atoms with Gasteiger partial charge in [0, 0.05) is 69.5 Å². The van der Waals surface area contributed by atoms with Gasteiger partial charge in [-0.05, 0) is 49.0 Å². The number of nitrogens with zero attached hydrogens (tertiary/aromatic N) is 5. The first-order valence-electron chi connectivity index (χ1n) is 14.6. The summed E-state index contributed by atoms with van der Waals surface area (Å²) in [5, 5.41) is 3.14. The van der Waals surface area contributed by atoms with Crippen LogP contribution in [0.4, 0.5) is 10.6 Å². The lowest BCUT2D eigenvalue weighted by Gasteiger charge is -2.40. The highest BCUT2D eigenvalue weighted by atomic mass is 16.5. The topological polar surface area (TPSA) is 90.9 Å². The van der Waals surface area contributed by atoms with Crippen LogP contribution in [0.25, 0.3) is 0 Å². The number of ether oxygens (including phenoxy) is 1. The van der Waals surface area contributed by atoms with E-state index >= 15 is 0 Å². The number of piperidine rings is 1. The summed E-state index contributed by atoms with van der Waals surface area (Å²) in [6.45, 7) is 9.89. The number of allylic oxidation sites excluding steroid dienone is 1. The lowest BCUT2D eigenvalue weighted by atomic mass is 9.78. The van der Waals surface area contributed by atoms with Crippen LogP contribution in [-0.2, 0) is 16.7 Å². The summed E-state index contributed by atoms with van der Waals surface area (Å²) < 4.78 is 5.69. The zero-order valence-corrected chi connectivity index (χ0v) is 24.5. The van der Waals surface area contributed by atoms with Gasteiger partial charge in [-0.15, -0.1) is 0 Å². The molecule has 216 valence electrons. The van der Waals surface area contributed by atoms with Crippen LogP contribution in [0.5, 0.6) is 0 Å². The summed E-state index contributed by atoms with van der Waals surface area (Å²) in [6, 6.07) is 10.3. The fourth-order valence-electron chi connectivity index (χ4n) is 6.83. The van der Waals surface area contributed by atoms with E-state index in [4.69, 9.17) is 4.74 Å². The summed E-state index contributed by atoms with van der Waals surface area (Å²) in [5.74, 6) is 0.697. The van der Waals surface area contributed by atoms with Gasteiger partial charge in [0.25, 0.3) is 5.91 Å². The monoisotopic (exact) mass is 556 g/mol. The Hall–Kier alpha value is -3.72. The van der Waals surface area contributed by atoms with Crippen LogP contribution < -0.4 is 10.2 Å². The summed E-state index contributed by atoms with van der Waals surface area (Å²) in [7, 11) is 1.73. The molecule has 2 aromatic rings. The van der Waals surface area contributed by atoms with Gasteiger partial charge in [0.1, 0.15) is 17.8 Å². The van der Waals surface area contributed by atoms with Crippen molar-refractivity contribution in [2.24, 2.45) is 0 Å². The number of amides is 3. The maximum absolute atomic E-state index is 13.6. The first-order chi connectivity index (χ1) is 19.7. The molecule has 0 bridgehead atoms. The number of rotatable bonds is 4. The zero-order chi connectivity index (χ0) is 28.8. The van der Waals surface area contributed by atoms with Crippen molar-refractivity contribution in [2.75, 3.05) is 38.2 Å². The third-order valence-corrected chi connectivity index (χ3v) is 9.25. The molecule has 1 aromatic heterocycles. The molecule has 1 fully saturated rings. The van der Waals surface area contributed by atoms with E-state index in [-0.39, 0.29) is 29.0 Å². The predicted molar refractivity (Wildman–Crippen MR) is 158 cm³/mol. The summed E-state index contributed by atoms with van der Waals surface area (Å²) >= 11 is 0. The molecule has 9 nitrogen and oxygen atoms in total. The van der Waals surface area contributed by atoms with Crippen molar-refractivity contribution in [3.8, 4) is 0 Å². The molecule has 1 saturated heterocycles. The highest BCUT2D eigenvalue weighted by Gasteiger charge is 2.36. The molecule has 1 aromatic carbocycles. The lowest BCUT2D eigenvalue weighted by Crippen LogP contribution is -2.50. The smallest absolute Gasteiger partial charge is 0.322 e. The van der Waals surface area contributed by atoms with Gasteiger partial charge < -0.3 is 24.8 Å². The van der Waals surface area contributed by atoms with Gasteiger partial charge in [-0.2, -0.15) is 0 Å². The predicted octanol–water partition coefficient (Wildman–Crippen LogP) is 4.41. The Kier molecular flexibility index (Phi) is 7.09. The van der Waals surface area contributed by atoms with Crippen molar-refractivity contribution in [2.45, 2.75) is 70.1 Å². The molecule has 9 heteroatoms. The first-order valence-corrected chi connectivity index (χ1v) is 14.6. The second-order valence-corrected chi connectivity index (χ2v) is 12.6. The van der Waals surface area contributed by atoms with Crippen molar-refractivity contribution in [1.29, 1.82) is 0 Å². The minimum absolute atomic E-state index is 0.0277. The van der Waals surface area contributed by atoms with E-state index in [1.807, 2.05) is 34.1 Å². The standard InChI is InChI=1S/C32H40N6O3/c1-31(2)20-37(19-23-7-5-6-8-25(23)31)29(39)27-17-28(34-21-33-27)36-14-11-24(12-15-36)38-16-10-22-18-32(3,41-4)13-9-26(22)35-30(38)40/h5-9,13,17,21,24H,10-12,14-16,18-20H2,1-4H3,(H,35,40). The molecule has 0 radical (unpaired) electrons. The number of methoxy groups -OCH3 is 1. The maximum Gasteiger partial charge on any atom is 0.322 e. The number of carbonyl (C=O) groups excluding carboxylic acids is 2. The van der Waals surface area contributed by atoms with E-state index in [2.05, 4.69) is 59.2 Å². The SMILES string of the molecule is COC1(C)C=CC2=C(CCN(C3CCN(c4cc(C(=O)N5Cc6ccccc6C(C)(C)C5)ncn4)CC3)C(=O)N2)C1. The molecule has 1 N–H and O–H groups in total. The third-order valence-electron chi connectivity index (χ3n) is 9.25. The van der Waals surface area contributed by atoms with Gasteiger partial charge >= 0.3 is 6.03 Å². The Morgan fingerprint density at radius 1 is 1.10 bits per heavy atom. The quantitative estimate of drug-likeness (QED) is 0.600. The van der Waals surface area contributed by atoms with E-state index in [1.54, 1.807) is 7.11 Å². The van der Waals surface area contributed by atoms with Crippen LogP contribution in [0.1, 0.15) is 68.1 Å². The lowest BCUT2D eigenvalue weighted by molar-refractivity contribution is 0.0468. The second-order valence-electron chi connectivity index (χ2n) is 12.6.